The van der Waals surface area contributed by atoms with Crippen LogP contribution in [0, 0.1) is 5.92 Å². The monoisotopic (exact) mass is 284 g/mol. The lowest BCUT2D eigenvalue weighted by molar-refractivity contribution is -0.150. The van der Waals surface area contributed by atoms with Gasteiger partial charge in [-0.2, -0.15) is 11.8 Å². The van der Waals surface area contributed by atoms with E-state index in [2.05, 4.69) is 11.6 Å². The normalized spacial score (nSPS) is 27.6. The molecule has 2 rings (SSSR count). The van der Waals surface area contributed by atoms with Crippen molar-refractivity contribution in [2.45, 2.75) is 44.6 Å². The van der Waals surface area contributed by atoms with Crippen molar-refractivity contribution in [3.63, 3.8) is 0 Å². The summed E-state index contributed by atoms with van der Waals surface area (Å²) in [7, 11) is 0. The summed E-state index contributed by atoms with van der Waals surface area (Å²) in [6.07, 6.45) is 7.55. The van der Waals surface area contributed by atoms with Gasteiger partial charge in [0.15, 0.2) is 0 Å². The van der Waals surface area contributed by atoms with E-state index in [4.69, 9.17) is 0 Å². The first-order valence-corrected chi connectivity index (χ1v) is 8.56. The van der Waals surface area contributed by atoms with Crippen LogP contribution in [0.1, 0.15) is 39.0 Å². The van der Waals surface area contributed by atoms with Crippen molar-refractivity contribution >= 4 is 23.6 Å². The van der Waals surface area contributed by atoms with E-state index in [1.165, 1.54) is 12.2 Å². The average molecular weight is 284 g/mol. The minimum atomic E-state index is -0.630. The lowest BCUT2D eigenvalue weighted by Crippen LogP contribution is -2.66. The van der Waals surface area contributed by atoms with Gasteiger partial charge in [-0.3, -0.25) is 9.59 Å². The molecular weight excluding hydrogens is 260 g/mol. The Labute approximate surface area is 119 Å². The van der Waals surface area contributed by atoms with E-state index in [9.17, 15) is 9.59 Å². The molecule has 0 aromatic rings. The summed E-state index contributed by atoms with van der Waals surface area (Å²) in [6, 6.07) is 0. The maximum Gasteiger partial charge on any atom is 0.248 e. The number of carbonyl (C=O) groups excluding carboxylic acids is 2. The summed E-state index contributed by atoms with van der Waals surface area (Å²) in [4.78, 5) is 26.1. The fourth-order valence-electron chi connectivity index (χ4n) is 2.80. The summed E-state index contributed by atoms with van der Waals surface area (Å²) in [5, 5.41) is 2.91. The predicted molar refractivity (Wildman–Crippen MR) is 78.1 cm³/mol. The second kappa shape index (κ2) is 6.16. The van der Waals surface area contributed by atoms with Crippen molar-refractivity contribution in [2.75, 3.05) is 25.1 Å². The van der Waals surface area contributed by atoms with E-state index in [1.807, 2.05) is 18.7 Å². The van der Waals surface area contributed by atoms with Gasteiger partial charge in [0.2, 0.25) is 11.8 Å². The molecule has 2 fully saturated rings. The maximum absolute atomic E-state index is 12.5. The zero-order valence-electron chi connectivity index (χ0n) is 11.9. The quantitative estimate of drug-likeness (QED) is 0.723. The van der Waals surface area contributed by atoms with Crippen LogP contribution in [0.3, 0.4) is 0 Å². The second-order valence-electron chi connectivity index (χ2n) is 5.80. The largest absolute Gasteiger partial charge is 0.340 e. The van der Waals surface area contributed by atoms with Gasteiger partial charge in [0.25, 0.3) is 0 Å². The van der Waals surface area contributed by atoms with E-state index < -0.39 is 5.54 Å². The molecule has 2 aliphatic rings. The molecule has 1 unspecified atom stereocenters. The van der Waals surface area contributed by atoms with Gasteiger partial charge in [-0.25, -0.2) is 0 Å². The van der Waals surface area contributed by atoms with Crippen LogP contribution in [-0.2, 0) is 9.59 Å². The molecule has 5 heteroatoms. The molecule has 1 saturated heterocycles. The Morgan fingerprint density at radius 3 is 2.68 bits per heavy atom. The number of hydrogen-bond donors (Lipinski definition) is 1. The molecule has 1 heterocycles. The molecule has 108 valence electrons. The van der Waals surface area contributed by atoms with Crippen LogP contribution in [-0.4, -0.2) is 47.4 Å². The number of nitrogens with zero attached hydrogens (tertiary/aromatic N) is 1. The molecule has 1 atom stereocenters. The third-order valence-corrected chi connectivity index (χ3v) is 4.83. The molecular formula is C14H24N2O2S. The highest BCUT2D eigenvalue weighted by molar-refractivity contribution is 7.98. The topological polar surface area (TPSA) is 49.4 Å². The van der Waals surface area contributed by atoms with E-state index in [0.717, 1.165) is 32.2 Å². The van der Waals surface area contributed by atoms with E-state index in [-0.39, 0.29) is 18.4 Å². The number of amides is 2. The number of thioether (sulfide) groups is 1. The number of hydrogen-bond acceptors (Lipinski definition) is 3. The van der Waals surface area contributed by atoms with Gasteiger partial charge in [0.1, 0.15) is 5.54 Å². The molecule has 1 saturated carbocycles. The fraction of sp³-hybridized carbons (Fsp3) is 0.857. The molecule has 0 aromatic carbocycles. The standard InChI is InChI=1S/C14H24N2O2S/c1-14(11-6-7-11)13(18)16(10-12(17)15-14)8-4-3-5-9-19-2/h11H,3-10H2,1-2H3,(H,15,17). The van der Waals surface area contributed by atoms with E-state index in [0.29, 0.717) is 5.92 Å². The molecule has 0 radical (unpaired) electrons. The van der Waals surface area contributed by atoms with Crippen molar-refractivity contribution in [2.24, 2.45) is 5.92 Å². The highest BCUT2D eigenvalue weighted by atomic mass is 32.2. The third kappa shape index (κ3) is 3.44. The van der Waals surface area contributed by atoms with Crippen LogP contribution in [0.4, 0.5) is 0 Å². The molecule has 1 N–H and O–H groups in total. The van der Waals surface area contributed by atoms with Gasteiger partial charge in [-0.1, -0.05) is 6.42 Å². The molecule has 2 amide bonds. The fourth-order valence-corrected chi connectivity index (χ4v) is 3.29. The molecule has 4 nitrogen and oxygen atoms in total. The molecule has 19 heavy (non-hydrogen) atoms. The Kier molecular flexibility index (Phi) is 4.76. The van der Waals surface area contributed by atoms with Crippen LogP contribution >= 0.6 is 11.8 Å². The van der Waals surface area contributed by atoms with Gasteiger partial charge in [0.05, 0.1) is 6.54 Å². The summed E-state index contributed by atoms with van der Waals surface area (Å²) < 4.78 is 0. The third-order valence-electron chi connectivity index (χ3n) is 4.14. The van der Waals surface area contributed by atoms with Crippen LogP contribution in [0.5, 0.6) is 0 Å². The molecule has 1 aliphatic heterocycles. The lowest BCUT2D eigenvalue weighted by atomic mass is 9.91. The zero-order valence-corrected chi connectivity index (χ0v) is 12.7. The SMILES string of the molecule is CSCCCCCN1CC(=O)NC(C)(C2CC2)C1=O. The molecule has 1 aliphatic carbocycles. The van der Waals surface area contributed by atoms with Crippen molar-refractivity contribution in [3.8, 4) is 0 Å². The number of unbranched alkanes of at least 4 members (excludes halogenated alkanes) is 2. The average Bonchev–Trinajstić information content (AvgIpc) is 3.19. The smallest absolute Gasteiger partial charge is 0.248 e. The maximum atomic E-state index is 12.5. The van der Waals surface area contributed by atoms with Gasteiger partial charge in [-0.05, 0) is 50.5 Å². The van der Waals surface area contributed by atoms with Gasteiger partial charge in [0, 0.05) is 6.54 Å². The summed E-state index contributed by atoms with van der Waals surface area (Å²) in [5.41, 5.74) is -0.630. The van der Waals surface area contributed by atoms with Crippen molar-refractivity contribution < 1.29 is 9.59 Å². The van der Waals surface area contributed by atoms with Crippen molar-refractivity contribution in [1.82, 2.24) is 10.2 Å². The first-order valence-electron chi connectivity index (χ1n) is 7.17. The molecule has 0 bridgehead atoms. The molecule has 0 aromatic heterocycles. The van der Waals surface area contributed by atoms with Crippen molar-refractivity contribution in [3.05, 3.63) is 0 Å². The van der Waals surface area contributed by atoms with E-state index in [1.54, 1.807) is 4.90 Å². The summed E-state index contributed by atoms with van der Waals surface area (Å²) in [6.45, 7) is 2.86. The summed E-state index contributed by atoms with van der Waals surface area (Å²) in [5.74, 6) is 1.65. The molecule has 0 spiro atoms. The predicted octanol–water partition coefficient (Wildman–Crippen LogP) is 1.65. The van der Waals surface area contributed by atoms with Crippen LogP contribution in [0.25, 0.3) is 0 Å². The van der Waals surface area contributed by atoms with Gasteiger partial charge in [-0.15, -0.1) is 0 Å². The number of piperazine rings is 1. The van der Waals surface area contributed by atoms with Gasteiger partial charge >= 0.3 is 0 Å². The van der Waals surface area contributed by atoms with E-state index >= 15 is 0 Å². The highest BCUT2D eigenvalue weighted by Crippen LogP contribution is 2.41. The Morgan fingerprint density at radius 1 is 1.32 bits per heavy atom. The van der Waals surface area contributed by atoms with Crippen LogP contribution in [0.15, 0.2) is 0 Å². The second-order valence-corrected chi connectivity index (χ2v) is 6.79. The van der Waals surface area contributed by atoms with Crippen molar-refractivity contribution in [1.29, 1.82) is 0 Å². The summed E-state index contributed by atoms with van der Waals surface area (Å²) >= 11 is 1.86. The number of carbonyl (C=O) groups is 2. The highest BCUT2D eigenvalue weighted by Gasteiger charge is 2.52. The first kappa shape index (κ1) is 14.7. The van der Waals surface area contributed by atoms with Gasteiger partial charge < -0.3 is 10.2 Å². The zero-order chi connectivity index (χ0) is 13.9. The first-order chi connectivity index (χ1) is 9.08. The Morgan fingerprint density at radius 2 is 2.05 bits per heavy atom. The number of nitrogens with one attached hydrogen (secondary N) is 1. The number of rotatable bonds is 7. The lowest BCUT2D eigenvalue weighted by Gasteiger charge is -2.40. The Hall–Kier alpha value is -0.710. The Balaban J connectivity index is 1.85. The Bertz CT molecular complexity index is 357. The van der Waals surface area contributed by atoms with Crippen LogP contribution in [0.2, 0.25) is 0 Å². The van der Waals surface area contributed by atoms with Crippen LogP contribution < -0.4 is 5.32 Å². The minimum absolute atomic E-state index is 0.00175. The minimum Gasteiger partial charge on any atom is -0.340 e.